The van der Waals surface area contributed by atoms with Crippen LogP contribution in [0.4, 0.5) is 15.9 Å². The minimum atomic E-state index is -4.08. The van der Waals surface area contributed by atoms with E-state index in [-0.39, 0.29) is 70.7 Å². The zero-order chi connectivity index (χ0) is 26.7. The van der Waals surface area contributed by atoms with E-state index in [1.165, 1.54) is 30.3 Å². The van der Waals surface area contributed by atoms with Gasteiger partial charge in [-0.2, -0.15) is 0 Å². The lowest BCUT2D eigenvalue weighted by molar-refractivity contribution is -0.122. The number of hydrogen-bond acceptors (Lipinski definition) is 7. The van der Waals surface area contributed by atoms with E-state index in [4.69, 9.17) is 0 Å². The predicted molar refractivity (Wildman–Crippen MR) is 160 cm³/mol. The fourth-order valence-electron chi connectivity index (χ4n) is 4.17. The molecule has 1 aliphatic heterocycles. The summed E-state index contributed by atoms with van der Waals surface area (Å²) in [7, 11) is -4.08. The van der Waals surface area contributed by atoms with Crippen LogP contribution in [0.25, 0.3) is 10.9 Å². The molecule has 0 atom stereocenters. The van der Waals surface area contributed by atoms with Gasteiger partial charge in [0.05, 0.1) is 22.5 Å². The van der Waals surface area contributed by atoms with Crippen molar-refractivity contribution in [3.8, 4) is 0 Å². The van der Waals surface area contributed by atoms with Gasteiger partial charge in [0.25, 0.3) is 10.0 Å². The summed E-state index contributed by atoms with van der Waals surface area (Å²) in [6.07, 6.45) is 0. The van der Waals surface area contributed by atoms with Gasteiger partial charge in [0, 0.05) is 43.3 Å². The average molecular weight is 639 g/mol. The second-order valence-corrected chi connectivity index (χ2v) is 10.8. The number of nitrogens with one attached hydrogen (secondary N) is 2. The summed E-state index contributed by atoms with van der Waals surface area (Å²) in [5, 5.41) is 13.0. The van der Waals surface area contributed by atoms with Gasteiger partial charge in [-0.25, -0.2) is 22.6 Å². The molecule has 1 saturated heterocycles. The van der Waals surface area contributed by atoms with Crippen molar-refractivity contribution in [1.29, 1.82) is 0 Å². The quantitative estimate of drug-likeness (QED) is 0.340. The Morgan fingerprint density at radius 3 is 2.30 bits per heavy atom. The minimum absolute atomic E-state index is 0. The van der Waals surface area contributed by atoms with Crippen molar-refractivity contribution >= 4 is 81.5 Å². The first-order valence-corrected chi connectivity index (χ1v) is 13.2. The van der Waals surface area contributed by atoms with Crippen molar-refractivity contribution in [1.82, 2.24) is 15.2 Å². The number of nitrogens with zero attached hydrogens (tertiary/aromatic N) is 3. The fraction of sp³-hybridized carbons (Fsp3) is 0.320. The molecule has 0 saturated carbocycles. The number of amides is 1. The van der Waals surface area contributed by atoms with Gasteiger partial charge in [-0.3, -0.25) is 14.4 Å². The summed E-state index contributed by atoms with van der Waals surface area (Å²) in [6.45, 7) is 6.48. The topological polar surface area (TPSA) is 132 Å². The summed E-state index contributed by atoms with van der Waals surface area (Å²) in [5.41, 5.74) is 0.495. The zero-order valence-electron chi connectivity index (χ0n) is 21.7. The molecule has 0 spiro atoms. The van der Waals surface area contributed by atoms with Crippen LogP contribution >= 0.6 is 37.2 Å². The number of aromatic carboxylic acids is 1. The largest absolute Gasteiger partial charge is 0.478 e. The molecule has 3 N–H and O–H groups in total. The van der Waals surface area contributed by atoms with Gasteiger partial charge >= 0.3 is 5.97 Å². The second-order valence-electron chi connectivity index (χ2n) is 9.11. The SMILES string of the molecule is CC(C)NC(=O)CN1CCN(c2cc(C(=O)O)c3cc(NS(=O)(=O)c4cccc(F)c4)ccc3n2)CC1.Cl.Cl.Cl. The first-order valence-electron chi connectivity index (χ1n) is 11.7. The number of carboxylic acids is 1. The Morgan fingerprint density at radius 2 is 1.70 bits per heavy atom. The van der Waals surface area contributed by atoms with Gasteiger partial charge in [-0.1, -0.05) is 6.07 Å². The molecule has 3 aromatic rings. The molecule has 1 fully saturated rings. The van der Waals surface area contributed by atoms with E-state index in [2.05, 4.69) is 15.0 Å². The summed E-state index contributed by atoms with van der Waals surface area (Å²) in [5.74, 6) is -1.41. The Labute approximate surface area is 250 Å². The number of aromatic nitrogens is 1. The number of carboxylic acid groups (broad SMARTS) is 1. The molecule has 220 valence electrons. The van der Waals surface area contributed by atoms with Gasteiger partial charge < -0.3 is 15.3 Å². The van der Waals surface area contributed by atoms with E-state index in [0.29, 0.717) is 44.1 Å². The highest BCUT2D eigenvalue weighted by Crippen LogP contribution is 2.28. The Hall–Kier alpha value is -2.90. The van der Waals surface area contributed by atoms with Crippen molar-refractivity contribution in [3.63, 3.8) is 0 Å². The number of sulfonamides is 1. The highest BCUT2D eigenvalue weighted by atomic mass is 35.5. The molecule has 0 radical (unpaired) electrons. The molecule has 1 aromatic heterocycles. The van der Waals surface area contributed by atoms with Crippen LogP contribution in [-0.2, 0) is 14.8 Å². The van der Waals surface area contributed by atoms with E-state index in [1.54, 1.807) is 6.07 Å². The number of anilines is 2. The number of piperazine rings is 1. The molecule has 2 heterocycles. The molecule has 0 bridgehead atoms. The van der Waals surface area contributed by atoms with Gasteiger partial charge in [-0.15, -0.1) is 37.2 Å². The smallest absolute Gasteiger partial charge is 0.336 e. The number of rotatable bonds is 8. The zero-order valence-corrected chi connectivity index (χ0v) is 24.9. The molecule has 0 unspecified atom stereocenters. The second kappa shape index (κ2) is 14.6. The van der Waals surface area contributed by atoms with Gasteiger partial charge in [-0.05, 0) is 56.3 Å². The van der Waals surface area contributed by atoms with Crippen LogP contribution in [0.15, 0.2) is 53.4 Å². The Balaban J connectivity index is 0.00000267. The Bertz CT molecular complexity index is 1450. The lowest BCUT2D eigenvalue weighted by Gasteiger charge is -2.35. The Kier molecular flexibility index (Phi) is 12.9. The lowest BCUT2D eigenvalue weighted by atomic mass is 10.1. The molecule has 15 heteroatoms. The van der Waals surface area contributed by atoms with Crippen LogP contribution in [-0.4, -0.2) is 74.1 Å². The van der Waals surface area contributed by atoms with Crippen molar-refractivity contribution in [2.24, 2.45) is 0 Å². The van der Waals surface area contributed by atoms with Gasteiger partial charge in [0.1, 0.15) is 11.6 Å². The summed E-state index contributed by atoms with van der Waals surface area (Å²) in [6, 6.07) is 10.6. The van der Waals surface area contributed by atoms with E-state index in [9.17, 15) is 27.5 Å². The number of benzene rings is 2. The fourth-order valence-corrected chi connectivity index (χ4v) is 5.25. The van der Waals surface area contributed by atoms with Gasteiger partial charge in [0.15, 0.2) is 0 Å². The normalized spacial score (nSPS) is 13.6. The number of hydrogen-bond donors (Lipinski definition) is 3. The molecule has 2 aromatic carbocycles. The van der Waals surface area contributed by atoms with Crippen LogP contribution in [0.5, 0.6) is 0 Å². The minimum Gasteiger partial charge on any atom is -0.478 e. The maximum atomic E-state index is 13.5. The third kappa shape index (κ3) is 8.55. The van der Waals surface area contributed by atoms with Crippen LogP contribution in [0, 0.1) is 5.82 Å². The molecule has 10 nitrogen and oxygen atoms in total. The third-order valence-corrected chi connectivity index (χ3v) is 7.28. The van der Waals surface area contributed by atoms with Crippen LogP contribution in [0.1, 0.15) is 24.2 Å². The third-order valence-electron chi connectivity index (χ3n) is 5.90. The van der Waals surface area contributed by atoms with Gasteiger partial charge in [0.2, 0.25) is 5.91 Å². The van der Waals surface area contributed by atoms with Crippen LogP contribution in [0.3, 0.4) is 0 Å². The molecule has 1 amide bonds. The molecular weight excluding hydrogens is 608 g/mol. The Morgan fingerprint density at radius 1 is 1.02 bits per heavy atom. The summed E-state index contributed by atoms with van der Waals surface area (Å²) >= 11 is 0. The standard InChI is InChI=1S/C25H28FN5O5S.3ClH/c1-16(2)27-24(32)15-30-8-10-31(11-9-30)23-14-21(25(33)34)20-13-18(6-7-22(20)28-23)29-37(35,36)19-5-3-4-17(26)12-19;;;/h3-7,12-14,16,29H,8-11,15H2,1-2H3,(H,27,32)(H,33,34);3*1H. The van der Waals surface area contributed by atoms with E-state index < -0.39 is 21.8 Å². The predicted octanol–water partition coefficient (Wildman–Crippen LogP) is 3.78. The molecule has 1 aliphatic rings. The highest BCUT2D eigenvalue weighted by molar-refractivity contribution is 7.92. The van der Waals surface area contributed by atoms with E-state index in [1.807, 2.05) is 23.6 Å². The maximum absolute atomic E-state index is 13.5. The number of carbonyl (C=O) groups excluding carboxylic acids is 1. The van der Waals surface area contributed by atoms with E-state index >= 15 is 0 Å². The van der Waals surface area contributed by atoms with E-state index in [0.717, 1.165) is 12.1 Å². The molecular formula is C25H31Cl3FN5O5S. The number of halogens is 4. The number of carbonyl (C=O) groups is 2. The molecule has 40 heavy (non-hydrogen) atoms. The number of pyridine rings is 1. The van der Waals surface area contributed by atoms with Crippen LogP contribution < -0.4 is 14.9 Å². The summed E-state index contributed by atoms with van der Waals surface area (Å²) in [4.78, 5) is 32.5. The first-order chi connectivity index (χ1) is 17.5. The average Bonchev–Trinajstić information content (AvgIpc) is 2.83. The highest BCUT2D eigenvalue weighted by Gasteiger charge is 2.23. The summed E-state index contributed by atoms with van der Waals surface area (Å²) < 4.78 is 41.2. The van der Waals surface area contributed by atoms with Crippen molar-refractivity contribution in [2.75, 3.05) is 42.3 Å². The van der Waals surface area contributed by atoms with Crippen molar-refractivity contribution < 1.29 is 27.5 Å². The number of fused-ring (bicyclic) bond motifs is 1. The molecule has 0 aliphatic carbocycles. The van der Waals surface area contributed by atoms with Crippen LogP contribution in [0.2, 0.25) is 0 Å². The monoisotopic (exact) mass is 637 g/mol. The maximum Gasteiger partial charge on any atom is 0.336 e. The van der Waals surface area contributed by atoms with Crippen molar-refractivity contribution in [2.45, 2.75) is 24.8 Å². The van der Waals surface area contributed by atoms with Crippen molar-refractivity contribution in [3.05, 3.63) is 59.9 Å². The molecule has 4 rings (SSSR count). The lowest BCUT2D eigenvalue weighted by Crippen LogP contribution is -2.50. The first kappa shape index (κ1) is 35.1.